The van der Waals surface area contributed by atoms with Gasteiger partial charge in [-0.05, 0) is 6.92 Å². The van der Waals surface area contributed by atoms with Gasteiger partial charge in [-0.3, -0.25) is 4.79 Å². The van der Waals surface area contributed by atoms with Gasteiger partial charge in [0.05, 0.1) is 6.61 Å². The fourth-order valence-corrected chi connectivity index (χ4v) is 0.203. The van der Waals surface area contributed by atoms with Crippen LogP contribution in [0.2, 0.25) is 0 Å². The molecule has 7 heavy (non-hydrogen) atoms. The number of hydrogen-bond acceptors (Lipinski definition) is 2. The molecule has 0 aliphatic rings. The standard InChI is InChI=1S/C4H8O2.Li/c1-3-6-4(2)5;/h3H2,1-2H3;. The normalized spacial score (nSPS) is 6.57. The molecule has 0 aliphatic heterocycles. The Labute approximate surface area is 55.4 Å². The molecule has 0 spiro atoms. The summed E-state index contributed by atoms with van der Waals surface area (Å²) in [5.74, 6) is -0.211. The van der Waals surface area contributed by atoms with Crippen LogP contribution in [0.3, 0.4) is 0 Å². The molecule has 0 heterocycles. The molecule has 0 unspecified atom stereocenters. The van der Waals surface area contributed by atoms with Gasteiger partial charge in [-0.2, -0.15) is 0 Å². The second-order valence-electron chi connectivity index (χ2n) is 0.925. The molecule has 0 aliphatic carbocycles. The van der Waals surface area contributed by atoms with Crippen LogP contribution in [0.4, 0.5) is 0 Å². The molecule has 0 N–H and O–H groups in total. The smallest absolute Gasteiger partial charge is 0.302 e. The van der Waals surface area contributed by atoms with Crippen LogP contribution in [0.25, 0.3) is 0 Å². The van der Waals surface area contributed by atoms with Gasteiger partial charge < -0.3 is 4.74 Å². The molecule has 3 heteroatoms. The van der Waals surface area contributed by atoms with Gasteiger partial charge in [0.25, 0.3) is 0 Å². The molecule has 0 fully saturated rings. The second kappa shape index (κ2) is 6.07. The first kappa shape index (κ1) is 10.1. The number of carbonyl (C=O) groups excluding carboxylic acids is 1. The summed E-state index contributed by atoms with van der Waals surface area (Å²) in [7, 11) is 0. The van der Waals surface area contributed by atoms with Crippen LogP contribution in [0.15, 0.2) is 0 Å². The molecule has 0 amide bonds. The van der Waals surface area contributed by atoms with E-state index in [4.69, 9.17) is 0 Å². The Balaban J connectivity index is 0. The fraction of sp³-hybridized carbons (Fsp3) is 0.750. The first-order valence-electron chi connectivity index (χ1n) is 1.90. The average molecular weight is 95.0 g/mol. The summed E-state index contributed by atoms with van der Waals surface area (Å²) in [5, 5.41) is 0. The quantitative estimate of drug-likeness (QED) is 0.343. The molecule has 0 rings (SSSR count). The van der Waals surface area contributed by atoms with Crippen LogP contribution in [0.1, 0.15) is 13.8 Å². The van der Waals surface area contributed by atoms with Crippen molar-refractivity contribution < 1.29 is 9.53 Å². The van der Waals surface area contributed by atoms with Crippen LogP contribution >= 0.6 is 0 Å². The molecule has 0 saturated carbocycles. The minimum atomic E-state index is -0.211. The summed E-state index contributed by atoms with van der Waals surface area (Å²) in [4.78, 5) is 9.82. The van der Waals surface area contributed by atoms with Gasteiger partial charge in [-0.25, -0.2) is 0 Å². The predicted molar refractivity (Wildman–Crippen MR) is 28.1 cm³/mol. The van der Waals surface area contributed by atoms with Crippen molar-refractivity contribution in [1.29, 1.82) is 0 Å². The van der Waals surface area contributed by atoms with Crippen LogP contribution in [-0.4, -0.2) is 31.4 Å². The van der Waals surface area contributed by atoms with E-state index in [1.165, 1.54) is 6.92 Å². The van der Waals surface area contributed by atoms with Gasteiger partial charge in [0.15, 0.2) is 0 Å². The van der Waals surface area contributed by atoms with Crippen molar-refractivity contribution in [3.05, 3.63) is 0 Å². The number of esters is 1. The largest absolute Gasteiger partial charge is 0.466 e. The molecule has 0 saturated heterocycles. The van der Waals surface area contributed by atoms with Crippen LogP contribution in [0.5, 0.6) is 0 Å². The summed E-state index contributed by atoms with van der Waals surface area (Å²) in [6, 6.07) is 0. The Kier molecular flexibility index (Phi) is 8.78. The van der Waals surface area contributed by atoms with Gasteiger partial charge in [0, 0.05) is 25.8 Å². The van der Waals surface area contributed by atoms with Gasteiger partial charge in [-0.15, -0.1) is 0 Å². The van der Waals surface area contributed by atoms with Gasteiger partial charge >= 0.3 is 5.97 Å². The van der Waals surface area contributed by atoms with E-state index in [-0.39, 0.29) is 24.8 Å². The Bertz CT molecular complexity index is 53.7. The first-order chi connectivity index (χ1) is 2.77. The molecular weight excluding hydrogens is 87.0 g/mol. The average Bonchev–Trinajstić information content (AvgIpc) is 1.35. The van der Waals surface area contributed by atoms with E-state index >= 15 is 0 Å². The second-order valence-corrected chi connectivity index (χ2v) is 0.925. The summed E-state index contributed by atoms with van der Waals surface area (Å²) in [6.45, 7) is 3.65. The number of carbonyl (C=O) groups is 1. The molecule has 0 bridgehead atoms. The number of rotatable bonds is 1. The minimum absolute atomic E-state index is 0. The van der Waals surface area contributed by atoms with Crippen molar-refractivity contribution >= 4 is 24.8 Å². The van der Waals surface area contributed by atoms with Gasteiger partial charge in [-0.1, -0.05) is 0 Å². The molecule has 0 aromatic carbocycles. The van der Waals surface area contributed by atoms with Crippen LogP contribution in [-0.2, 0) is 9.53 Å². The fourth-order valence-electron chi connectivity index (χ4n) is 0.203. The molecule has 1 radical (unpaired) electrons. The first-order valence-corrected chi connectivity index (χ1v) is 1.90. The summed E-state index contributed by atoms with van der Waals surface area (Å²) in [5.41, 5.74) is 0. The maximum Gasteiger partial charge on any atom is 0.302 e. The minimum Gasteiger partial charge on any atom is -0.466 e. The Morgan fingerprint density at radius 2 is 2.14 bits per heavy atom. The summed E-state index contributed by atoms with van der Waals surface area (Å²) >= 11 is 0. The number of ether oxygens (including phenoxy) is 1. The zero-order chi connectivity index (χ0) is 4.99. The summed E-state index contributed by atoms with van der Waals surface area (Å²) < 4.78 is 4.40. The van der Waals surface area contributed by atoms with E-state index in [9.17, 15) is 4.79 Å². The third-order valence-electron chi connectivity index (χ3n) is 0.348. The van der Waals surface area contributed by atoms with E-state index in [2.05, 4.69) is 4.74 Å². The molecule has 37 valence electrons. The van der Waals surface area contributed by atoms with Crippen molar-refractivity contribution in [2.45, 2.75) is 13.8 Å². The van der Waals surface area contributed by atoms with Crippen molar-refractivity contribution in [3.63, 3.8) is 0 Å². The van der Waals surface area contributed by atoms with Crippen molar-refractivity contribution in [1.82, 2.24) is 0 Å². The molecule has 0 aromatic rings. The van der Waals surface area contributed by atoms with Crippen molar-refractivity contribution in [2.75, 3.05) is 6.61 Å². The third-order valence-corrected chi connectivity index (χ3v) is 0.348. The molecule has 2 nitrogen and oxygen atoms in total. The Morgan fingerprint density at radius 3 is 2.14 bits per heavy atom. The Hall–Kier alpha value is 0.0674. The zero-order valence-electron chi connectivity index (χ0n) is 5.02. The van der Waals surface area contributed by atoms with Gasteiger partial charge in [0.2, 0.25) is 0 Å². The Morgan fingerprint density at radius 1 is 1.71 bits per heavy atom. The van der Waals surface area contributed by atoms with E-state index in [0.29, 0.717) is 6.61 Å². The maximum atomic E-state index is 9.82. The van der Waals surface area contributed by atoms with Crippen molar-refractivity contribution in [2.24, 2.45) is 0 Å². The molecular formula is C4H8LiO2. The van der Waals surface area contributed by atoms with Gasteiger partial charge in [0.1, 0.15) is 0 Å². The van der Waals surface area contributed by atoms with Crippen LogP contribution < -0.4 is 0 Å². The van der Waals surface area contributed by atoms with E-state index < -0.39 is 0 Å². The van der Waals surface area contributed by atoms with E-state index in [1.807, 2.05) is 0 Å². The molecule has 0 aromatic heterocycles. The van der Waals surface area contributed by atoms with Crippen molar-refractivity contribution in [3.8, 4) is 0 Å². The predicted octanol–water partition coefficient (Wildman–Crippen LogP) is 0.189. The number of hydrogen-bond donors (Lipinski definition) is 0. The molecule has 0 atom stereocenters. The SMILES string of the molecule is CCOC(C)=O.[Li]. The maximum absolute atomic E-state index is 9.82. The van der Waals surface area contributed by atoms with E-state index in [0.717, 1.165) is 0 Å². The zero-order valence-corrected chi connectivity index (χ0v) is 5.02. The topological polar surface area (TPSA) is 26.3 Å². The third kappa shape index (κ3) is 10.7. The van der Waals surface area contributed by atoms with E-state index in [1.54, 1.807) is 6.92 Å². The monoisotopic (exact) mass is 95.1 g/mol. The van der Waals surface area contributed by atoms with Crippen LogP contribution in [0, 0.1) is 0 Å². The summed E-state index contributed by atoms with van der Waals surface area (Å²) in [6.07, 6.45) is 0.